The highest BCUT2D eigenvalue weighted by molar-refractivity contribution is 5.58. The quantitative estimate of drug-likeness (QED) is 0.471. The number of hydrogen-bond donors (Lipinski definition) is 1. The van der Waals surface area contributed by atoms with Crippen LogP contribution in [0.25, 0.3) is 0 Å². The molecule has 0 aromatic heterocycles. The predicted octanol–water partition coefficient (Wildman–Crippen LogP) is 7.76. The van der Waals surface area contributed by atoms with Crippen LogP contribution in [0.3, 0.4) is 0 Å². The fourth-order valence-corrected chi connectivity index (χ4v) is 5.20. The van der Waals surface area contributed by atoms with Crippen molar-refractivity contribution in [2.75, 3.05) is 18.4 Å². The number of piperidine rings is 1. The minimum atomic E-state index is 0.375. The molecule has 0 radical (unpaired) electrons. The van der Waals surface area contributed by atoms with Crippen LogP contribution in [-0.4, -0.2) is 18.0 Å². The van der Waals surface area contributed by atoms with Gasteiger partial charge in [-0.1, -0.05) is 92.4 Å². The second-order valence-corrected chi connectivity index (χ2v) is 8.86. The molecule has 5 rings (SSSR count). The zero-order valence-electron chi connectivity index (χ0n) is 18.7. The number of likely N-dealkylation sites (tertiary alicyclic amines) is 1. The number of hydrogen-bond acceptors (Lipinski definition) is 2. The van der Waals surface area contributed by atoms with Crippen LogP contribution in [0.1, 0.15) is 56.9 Å². The maximum atomic E-state index is 3.30. The van der Waals surface area contributed by atoms with Crippen LogP contribution in [0.5, 0.6) is 0 Å². The molecule has 1 aliphatic carbocycles. The van der Waals surface area contributed by atoms with Crippen LogP contribution >= 0.6 is 0 Å². The number of para-hydroxylation sites is 2. The topological polar surface area (TPSA) is 15.3 Å². The van der Waals surface area contributed by atoms with Gasteiger partial charge in [-0.3, -0.25) is 4.90 Å². The Morgan fingerprint density at radius 2 is 0.968 bits per heavy atom. The summed E-state index contributed by atoms with van der Waals surface area (Å²) >= 11 is 0. The standard InChI is InChI=1S/C17H25N.C12H11N/c1-4-10-16(11-5-1)17(12-6-2-7-13-17)18-14-8-3-9-15-18;1-3-7-11(8-4-1)13-12-9-5-2-6-10-12/h1,4-5,10-11H,2-3,6-9,12-15H2;1-10,13H. The molecule has 2 fully saturated rings. The van der Waals surface area contributed by atoms with Gasteiger partial charge in [-0.15, -0.1) is 0 Å². The third kappa shape index (κ3) is 5.77. The lowest BCUT2D eigenvalue weighted by molar-refractivity contribution is 0.0303. The molecule has 0 spiro atoms. The van der Waals surface area contributed by atoms with E-state index in [-0.39, 0.29) is 0 Å². The van der Waals surface area contributed by atoms with Gasteiger partial charge in [0.2, 0.25) is 0 Å². The van der Waals surface area contributed by atoms with Crippen LogP contribution in [0.15, 0.2) is 91.0 Å². The van der Waals surface area contributed by atoms with E-state index in [1.165, 1.54) is 64.5 Å². The molecule has 1 saturated carbocycles. The second kappa shape index (κ2) is 11.2. The average molecular weight is 413 g/mol. The van der Waals surface area contributed by atoms with Gasteiger partial charge < -0.3 is 5.32 Å². The van der Waals surface area contributed by atoms with Gasteiger partial charge in [0, 0.05) is 16.9 Å². The lowest BCUT2D eigenvalue weighted by Gasteiger charge is -2.48. The number of nitrogens with one attached hydrogen (secondary N) is 1. The van der Waals surface area contributed by atoms with E-state index in [1.54, 1.807) is 5.56 Å². The number of rotatable bonds is 4. The van der Waals surface area contributed by atoms with Gasteiger partial charge in [-0.2, -0.15) is 0 Å². The Hall–Kier alpha value is -2.58. The Morgan fingerprint density at radius 1 is 0.516 bits per heavy atom. The molecule has 3 aromatic carbocycles. The Balaban J connectivity index is 0.000000158. The molecule has 1 saturated heterocycles. The van der Waals surface area contributed by atoms with Gasteiger partial charge in [0.1, 0.15) is 0 Å². The van der Waals surface area contributed by atoms with Gasteiger partial charge in [-0.05, 0) is 68.6 Å². The normalized spacial score (nSPS) is 18.5. The van der Waals surface area contributed by atoms with E-state index in [4.69, 9.17) is 0 Å². The smallest absolute Gasteiger partial charge is 0.0460 e. The molecule has 0 bridgehead atoms. The number of nitrogens with zero attached hydrogens (tertiary/aromatic N) is 1. The molecule has 0 amide bonds. The molecule has 0 unspecified atom stereocenters. The molecule has 1 heterocycles. The van der Waals surface area contributed by atoms with Gasteiger partial charge in [0.25, 0.3) is 0 Å². The summed E-state index contributed by atoms with van der Waals surface area (Å²) in [5.41, 5.74) is 4.19. The summed E-state index contributed by atoms with van der Waals surface area (Å²) in [5.74, 6) is 0. The molecule has 0 atom stereocenters. The van der Waals surface area contributed by atoms with Gasteiger partial charge in [-0.25, -0.2) is 0 Å². The van der Waals surface area contributed by atoms with E-state index in [9.17, 15) is 0 Å². The fraction of sp³-hybridized carbons (Fsp3) is 0.379. The van der Waals surface area contributed by atoms with Crippen LogP contribution in [0.4, 0.5) is 11.4 Å². The van der Waals surface area contributed by atoms with E-state index >= 15 is 0 Å². The van der Waals surface area contributed by atoms with Crippen LogP contribution in [0.2, 0.25) is 0 Å². The van der Waals surface area contributed by atoms with Crippen molar-refractivity contribution in [3.63, 3.8) is 0 Å². The van der Waals surface area contributed by atoms with Crippen LogP contribution in [-0.2, 0) is 5.54 Å². The highest BCUT2D eigenvalue weighted by atomic mass is 15.2. The summed E-state index contributed by atoms with van der Waals surface area (Å²) in [6.07, 6.45) is 11.2. The first-order chi connectivity index (χ1) is 15.4. The SMILES string of the molecule is c1ccc(C2(N3CCCCC3)CCCCC2)cc1.c1ccc(Nc2ccccc2)cc1. The van der Waals surface area contributed by atoms with Crippen molar-refractivity contribution in [1.29, 1.82) is 0 Å². The molecule has 1 N–H and O–H groups in total. The molecular formula is C29H36N2. The van der Waals surface area contributed by atoms with E-state index in [2.05, 4.69) is 40.5 Å². The molecule has 162 valence electrons. The highest BCUT2D eigenvalue weighted by Gasteiger charge is 2.39. The van der Waals surface area contributed by atoms with Crippen molar-refractivity contribution < 1.29 is 0 Å². The Kier molecular flexibility index (Phi) is 7.79. The summed E-state index contributed by atoms with van der Waals surface area (Å²) < 4.78 is 0. The second-order valence-electron chi connectivity index (χ2n) is 8.86. The monoisotopic (exact) mass is 412 g/mol. The van der Waals surface area contributed by atoms with Crippen LogP contribution < -0.4 is 5.32 Å². The van der Waals surface area contributed by atoms with Crippen molar-refractivity contribution in [1.82, 2.24) is 4.90 Å². The first kappa shape index (κ1) is 21.6. The van der Waals surface area contributed by atoms with Crippen molar-refractivity contribution in [2.45, 2.75) is 56.9 Å². The Morgan fingerprint density at radius 3 is 1.48 bits per heavy atom. The third-order valence-electron chi connectivity index (χ3n) is 6.79. The van der Waals surface area contributed by atoms with E-state index in [0.717, 1.165) is 11.4 Å². The maximum absolute atomic E-state index is 3.30. The van der Waals surface area contributed by atoms with Crippen molar-refractivity contribution in [3.05, 3.63) is 96.6 Å². The lowest BCUT2D eigenvalue weighted by Crippen LogP contribution is -2.49. The molecule has 2 heteroatoms. The maximum Gasteiger partial charge on any atom is 0.0460 e. The molecular weight excluding hydrogens is 376 g/mol. The van der Waals surface area contributed by atoms with Crippen LogP contribution in [0, 0.1) is 0 Å². The highest BCUT2D eigenvalue weighted by Crippen LogP contribution is 2.43. The zero-order valence-corrected chi connectivity index (χ0v) is 18.7. The largest absolute Gasteiger partial charge is 0.356 e. The third-order valence-corrected chi connectivity index (χ3v) is 6.79. The van der Waals surface area contributed by atoms with E-state index < -0.39 is 0 Å². The van der Waals surface area contributed by atoms with Gasteiger partial charge >= 0.3 is 0 Å². The summed E-state index contributed by atoms with van der Waals surface area (Å²) in [5, 5.41) is 3.30. The minimum Gasteiger partial charge on any atom is -0.356 e. The average Bonchev–Trinajstić information content (AvgIpc) is 2.87. The zero-order chi connectivity index (χ0) is 21.2. The summed E-state index contributed by atoms with van der Waals surface area (Å²) in [4.78, 5) is 2.81. The summed E-state index contributed by atoms with van der Waals surface area (Å²) in [6, 6.07) is 31.6. The number of anilines is 2. The molecule has 3 aromatic rings. The first-order valence-electron chi connectivity index (χ1n) is 12.0. The summed E-state index contributed by atoms with van der Waals surface area (Å²) in [6.45, 7) is 2.63. The number of benzene rings is 3. The van der Waals surface area contributed by atoms with E-state index in [1.807, 2.05) is 60.7 Å². The van der Waals surface area contributed by atoms with Crippen molar-refractivity contribution in [3.8, 4) is 0 Å². The lowest BCUT2D eigenvalue weighted by atomic mass is 9.74. The molecule has 1 aliphatic heterocycles. The first-order valence-corrected chi connectivity index (χ1v) is 12.0. The Bertz CT molecular complexity index is 827. The van der Waals surface area contributed by atoms with Gasteiger partial charge in [0.15, 0.2) is 0 Å². The fourth-order valence-electron chi connectivity index (χ4n) is 5.20. The molecule has 2 aliphatic rings. The molecule has 2 nitrogen and oxygen atoms in total. The molecule has 31 heavy (non-hydrogen) atoms. The summed E-state index contributed by atoms with van der Waals surface area (Å²) in [7, 11) is 0. The van der Waals surface area contributed by atoms with Crippen molar-refractivity contribution in [2.24, 2.45) is 0 Å². The predicted molar refractivity (Wildman–Crippen MR) is 133 cm³/mol. The Labute approximate surface area is 188 Å². The van der Waals surface area contributed by atoms with Crippen molar-refractivity contribution >= 4 is 11.4 Å². The van der Waals surface area contributed by atoms with E-state index in [0.29, 0.717) is 5.54 Å². The van der Waals surface area contributed by atoms with Gasteiger partial charge in [0.05, 0.1) is 0 Å². The minimum absolute atomic E-state index is 0.375.